The predicted octanol–water partition coefficient (Wildman–Crippen LogP) is 4.58. The molecular formula is C20H17ClN2O4S. The van der Waals surface area contributed by atoms with E-state index in [1.54, 1.807) is 38.3 Å². The Morgan fingerprint density at radius 3 is 2.43 bits per heavy atom. The molecule has 0 atom stereocenters. The number of anilines is 1. The molecule has 0 saturated heterocycles. The molecule has 0 radical (unpaired) electrons. The van der Waals surface area contributed by atoms with Crippen LogP contribution in [0.5, 0.6) is 5.75 Å². The zero-order valence-corrected chi connectivity index (χ0v) is 16.8. The lowest BCUT2D eigenvalue weighted by atomic mass is 10.2. The first-order valence-corrected chi connectivity index (χ1v) is 9.50. The van der Waals surface area contributed by atoms with Crippen LogP contribution < -0.4 is 10.1 Å². The second-order valence-corrected chi connectivity index (χ2v) is 7.23. The molecule has 0 aliphatic heterocycles. The normalized spacial score (nSPS) is 10.4. The van der Waals surface area contributed by atoms with Gasteiger partial charge in [0.2, 0.25) is 0 Å². The van der Waals surface area contributed by atoms with Gasteiger partial charge in [-0.1, -0.05) is 11.6 Å². The van der Waals surface area contributed by atoms with Crippen molar-refractivity contribution in [1.82, 2.24) is 4.98 Å². The van der Waals surface area contributed by atoms with Crippen molar-refractivity contribution < 1.29 is 19.1 Å². The summed E-state index contributed by atoms with van der Waals surface area (Å²) in [6.07, 6.45) is 0. The number of carbonyl (C=O) groups excluding carboxylic acids is 2. The van der Waals surface area contributed by atoms with E-state index >= 15 is 0 Å². The molecule has 0 aliphatic carbocycles. The minimum absolute atomic E-state index is 0.366. The molecule has 8 heteroatoms. The van der Waals surface area contributed by atoms with Crippen LogP contribution in [0.2, 0.25) is 5.02 Å². The predicted molar refractivity (Wildman–Crippen MR) is 109 cm³/mol. The van der Waals surface area contributed by atoms with Gasteiger partial charge in [-0.2, -0.15) is 0 Å². The largest absolute Gasteiger partial charge is 0.497 e. The molecule has 1 N–H and O–H groups in total. The standard InChI is InChI=1S/C20H17ClN2O4S/c1-12-18(28-19(22-12)13-3-9-16(26-2)10-4-13)20(25)27-11-17(24)23-15-7-5-14(21)6-8-15/h3-10H,11H2,1-2H3,(H,23,24). The highest BCUT2D eigenvalue weighted by atomic mass is 35.5. The molecule has 3 aromatic rings. The highest BCUT2D eigenvalue weighted by molar-refractivity contribution is 7.17. The Morgan fingerprint density at radius 2 is 1.79 bits per heavy atom. The van der Waals surface area contributed by atoms with Crippen molar-refractivity contribution in [3.63, 3.8) is 0 Å². The molecule has 144 valence electrons. The minimum Gasteiger partial charge on any atom is -0.497 e. The summed E-state index contributed by atoms with van der Waals surface area (Å²) in [5.41, 5.74) is 1.99. The Labute approximate surface area is 171 Å². The van der Waals surface area contributed by atoms with Gasteiger partial charge in [-0.25, -0.2) is 9.78 Å². The second-order valence-electron chi connectivity index (χ2n) is 5.79. The van der Waals surface area contributed by atoms with Crippen LogP contribution in [0.25, 0.3) is 10.6 Å². The Balaban J connectivity index is 1.61. The number of aromatic nitrogens is 1. The summed E-state index contributed by atoms with van der Waals surface area (Å²) in [4.78, 5) is 29.1. The SMILES string of the molecule is COc1ccc(-c2nc(C)c(C(=O)OCC(=O)Nc3ccc(Cl)cc3)s2)cc1. The van der Waals surface area contributed by atoms with Crippen molar-refractivity contribution in [2.24, 2.45) is 0 Å². The Bertz CT molecular complexity index is 984. The quantitative estimate of drug-likeness (QED) is 0.595. The molecule has 1 amide bonds. The number of aryl methyl sites for hydroxylation is 1. The molecular weight excluding hydrogens is 400 g/mol. The molecule has 0 bridgehead atoms. The number of nitrogens with zero attached hydrogens (tertiary/aromatic N) is 1. The van der Waals surface area contributed by atoms with Crippen LogP contribution in [0.15, 0.2) is 48.5 Å². The third kappa shape index (κ3) is 4.88. The van der Waals surface area contributed by atoms with E-state index in [1.807, 2.05) is 24.3 Å². The molecule has 0 fully saturated rings. The maximum absolute atomic E-state index is 12.3. The number of benzene rings is 2. The number of methoxy groups -OCH3 is 1. The smallest absolute Gasteiger partial charge is 0.350 e. The lowest BCUT2D eigenvalue weighted by molar-refractivity contribution is -0.119. The zero-order valence-electron chi connectivity index (χ0n) is 15.2. The maximum Gasteiger partial charge on any atom is 0.350 e. The Kier molecular flexibility index (Phi) is 6.28. The van der Waals surface area contributed by atoms with Crippen molar-refractivity contribution in [3.8, 4) is 16.3 Å². The van der Waals surface area contributed by atoms with E-state index in [0.29, 0.717) is 26.3 Å². The molecule has 0 spiro atoms. The van der Waals surface area contributed by atoms with Gasteiger partial charge in [0, 0.05) is 16.3 Å². The van der Waals surface area contributed by atoms with Crippen LogP contribution in [0, 0.1) is 6.92 Å². The number of thiazole rings is 1. The van der Waals surface area contributed by atoms with Crippen molar-refractivity contribution in [1.29, 1.82) is 0 Å². The summed E-state index contributed by atoms with van der Waals surface area (Å²) in [6, 6.07) is 14.0. The van der Waals surface area contributed by atoms with E-state index in [4.69, 9.17) is 21.1 Å². The number of hydrogen-bond donors (Lipinski definition) is 1. The van der Waals surface area contributed by atoms with E-state index in [2.05, 4.69) is 10.3 Å². The van der Waals surface area contributed by atoms with Gasteiger partial charge in [0.1, 0.15) is 15.6 Å². The van der Waals surface area contributed by atoms with E-state index in [0.717, 1.165) is 11.3 Å². The summed E-state index contributed by atoms with van der Waals surface area (Å²) in [5, 5.41) is 3.89. The molecule has 0 saturated carbocycles. The van der Waals surface area contributed by atoms with E-state index in [1.165, 1.54) is 11.3 Å². The second kappa shape index (κ2) is 8.86. The van der Waals surface area contributed by atoms with Gasteiger partial charge in [-0.15, -0.1) is 11.3 Å². The van der Waals surface area contributed by atoms with Crippen LogP contribution >= 0.6 is 22.9 Å². The number of rotatable bonds is 6. The van der Waals surface area contributed by atoms with Crippen molar-refractivity contribution in [2.75, 3.05) is 19.0 Å². The first kappa shape index (κ1) is 19.9. The summed E-state index contributed by atoms with van der Waals surface area (Å²) >= 11 is 7.02. The van der Waals surface area contributed by atoms with Crippen molar-refractivity contribution >= 4 is 40.5 Å². The molecule has 6 nitrogen and oxygen atoms in total. The third-order valence-electron chi connectivity index (χ3n) is 3.78. The number of carbonyl (C=O) groups is 2. The number of esters is 1. The van der Waals surface area contributed by atoms with Crippen LogP contribution in [-0.4, -0.2) is 30.6 Å². The Morgan fingerprint density at radius 1 is 1.11 bits per heavy atom. The summed E-state index contributed by atoms with van der Waals surface area (Å²) < 4.78 is 10.3. The van der Waals surface area contributed by atoms with Crippen molar-refractivity contribution in [3.05, 3.63) is 64.1 Å². The van der Waals surface area contributed by atoms with Gasteiger partial charge in [0.25, 0.3) is 5.91 Å². The van der Waals surface area contributed by atoms with Gasteiger partial charge in [0.05, 0.1) is 12.8 Å². The number of ether oxygens (including phenoxy) is 2. The molecule has 1 aromatic heterocycles. The van der Waals surface area contributed by atoms with E-state index < -0.39 is 18.5 Å². The molecule has 0 unspecified atom stereocenters. The monoisotopic (exact) mass is 416 g/mol. The number of hydrogen-bond acceptors (Lipinski definition) is 6. The fraction of sp³-hybridized carbons (Fsp3) is 0.150. The van der Waals surface area contributed by atoms with Gasteiger partial charge < -0.3 is 14.8 Å². The third-order valence-corrected chi connectivity index (χ3v) is 5.22. The van der Waals surface area contributed by atoms with Gasteiger partial charge in [-0.05, 0) is 55.5 Å². The molecule has 2 aromatic carbocycles. The first-order chi connectivity index (χ1) is 13.5. The van der Waals surface area contributed by atoms with Crippen LogP contribution in [0.4, 0.5) is 5.69 Å². The molecule has 0 aliphatic rings. The molecule has 28 heavy (non-hydrogen) atoms. The van der Waals surface area contributed by atoms with Gasteiger partial charge in [0.15, 0.2) is 6.61 Å². The molecule has 3 rings (SSSR count). The average Bonchev–Trinajstić information content (AvgIpc) is 3.10. The van der Waals surface area contributed by atoms with Crippen molar-refractivity contribution in [2.45, 2.75) is 6.92 Å². The summed E-state index contributed by atoms with van der Waals surface area (Å²) in [6.45, 7) is 1.34. The topological polar surface area (TPSA) is 77.5 Å². The number of halogens is 1. The highest BCUT2D eigenvalue weighted by Gasteiger charge is 2.19. The minimum atomic E-state index is -0.582. The number of nitrogens with one attached hydrogen (secondary N) is 1. The zero-order chi connectivity index (χ0) is 20.1. The van der Waals surface area contributed by atoms with Crippen LogP contribution in [-0.2, 0) is 9.53 Å². The van der Waals surface area contributed by atoms with Gasteiger partial charge in [-0.3, -0.25) is 4.79 Å². The lowest BCUT2D eigenvalue weighted by Crippen LogP contribution is -2.20. The maximum atomic E-state index is 12.3. The van der Waals surface area contributed by atoms with Gasteiger partial charge >= 0.3 is 5.97 Å². The Hall–Kier alpha value is -2.90. The first-order valence-electron chi connectivity index (χ1n) is 8.30. The van der Waals surface area contributed by atoms with Crippen LogP contribution in [0.3, 0.4) is 0 Å². The summed E-state index contributed by atoms with van der Waals surface area (Å²) in [7, 11) is 1.60. The fourth-order valence-corrected chi connectivity index (χ4v) is 3.46. The average molecular weight is 417 g/mol. The number of amides is 1. The highest BCUT2D eigenvalue weighted by Crippen LogP contribution is 2.29. The van der Waals surface area contributed by atoms with E-state index in [9.17, 15) is 9.59 Å². The fourth-order valence-electron chi connectivity index (χ4n) is 2.37. The lowest BCUT2D eigenvalue weighted by Gasteiger charge is -2.06. The van der Waals surface area contributed by atoms with Crippen LogP contribution in [0.1, 0.15) is 15.4 Å². The van der Waals surface area contributed by atoms with E-state index in [-0.39, 0.29) is 0 Å². The molecule has 1 heterocycles. The summed E-state index contributed by atoms with van der Waals surface area (Å²) in [5.74, 6) is -0.280.